The smallest absolute Gasteiger partial charge is 0.251 e. The van der Waals surface area contributed by atoms with Gasteiger partial charge in [0.1, 0.15) is 0 Å². The van der Waals surface area contributed by atoms with Crippen molar-refractivity contribution in [1.29, 1.82) is 0 Å². The molecule has 0 aliphatic heterocycles. The number of aromatic nitrogens is 2. The third-order valence-electron chi connectivity index (χ3n) is 8.18. The van der Waals surface area contributed by atoms with E-state index in [0.29, 0.717) is 29.9 Å². The Balaban J connectivity index is 1.26. The van der Waals surface area contributed by atoms with Gasteiger partial charge >= 0.3 is 0 Å². The molecule has 1 unspecified atom stereocenters. The number of ketones is 1. The number of rotatable bonds is 23. The van der Waals surface area contributed by atoms with Crippen LogP contribution in [0, 0.1) is 6.92 Å². The predicted octanol–water partition coefficient (Wildman–Crippen LogP) is 2.51. The molecule has 1 atom stereocenters. The van der Waals surface area contributed by atoms with Gasteiger partial charge in [0.25, 0.3) is 5.91 Å². The lowest BCUT2D eigenvalue weighted by Gasteiger charge is -2.13. The fraction of sp³-hybridized carbons (Fsp3) is 0.417. The van der Waals surface area contributed by atoms with Crippen LogP contribution >= 0.6 is 12.6 Å². The molecule has 0 radical (unpaired) electrons. The molecule has 0 saturated heterocycles. The molecule has 0 spiro atoms. The zero-order valence-corrected chi connectivity index (χ0v) is 31.2. The normalized spacial score (nSPS) is 11.8. The number of amides is 3. The molecular weight excluding hydrogens is 705 g/mol. The maximum absolute atomic E-state index is 12.7. The maximum Gasteiger partial charge on any atom is 0.251 e. The zero-order valence-electron chi connectivity index (χ0n) is 29.5. The summed E-state index contributed by atoms with van der Waals surface area (Å²) < 4.78 is 25.0. The number of nitrogens with zero attached hydrogens (tertiary/aromatic N) is 2. The molecule has 0 aliphatic rings. The highest BCUT2D eigenvalue weighted by atomic mass is 32.2. The maximum atomic E-state index is 12.7. The molecule has 14 nitrogen and oxygen atoms in total. The van der Waals surface area contributed by atoms with Crippen LogP contribution in [0.5, 0.6) is 0 Å². The summed E-state index contributed by atoms with van der Waals surface area (Å²) in [4.78, 5) is 48.2. The number of carbonyl (C=O) groups excluding carboxylic acids is 4. The molecule has 16 heteroatoms. The molecule has 0 saturated carbocycles. The van der Waals surface area contributed by atoms with Crippen molar-refractivity contribution in [1.82, 2.24) is 31.0 Å². The Hall–Kier alpha value is -4.51. The molecule has 3 rings (SSSR count). The number of hydrogen-bond acceptors (Lipinski definition) is 10. The summed E-state index contributed by atoms with van der Waals surface area (Å²) in [5, 5.41) is 20.7. The largest absolute Gasteiger partial charge is 0.379 e. The standard InChI is InChI=1S/C36H50N8O6S2/c1-25-20-32(44(43-25)29-15-17-30(18-16-29)52(38,49)50)27-11-13-28(14-12-27)36(48)39-19-9-7-5-3-4-6-8-10-31(37)33(45)22-42-34(46)23-40-26(2)21-41-35(47)24-51/h11-18,20,31,40,51H,2-10,19,21-24,37H2,1H3,(H,39,48)(H,41,47)(H,42,46)(H2,38,49,50). The number of carbonyl (C=O) groups is 4. The molecule has 2 aromatic carbocycles. The van der Waals surface area contributed by atoms with Crippen LogP contribution in [0.15, 0.2) is 71.8 Å². The summed E-state index contributed by atoms with van der Waals surface area (Å²) in [6, 6.07) is 14.7. The Labute approximate surface area is 311 Å². The number of aryl methyl sites for hydroxylation is 1. The van der Waals surface area contributed by atoms with Gasteiger partial charge in [0.05, 0.1) is 53.4 Å². The van der Waals surface area contributed by atoms with Crippen LogP contribution in [0.4, 0.5) is 0 Å². The van der Waals surface area contributed by atoms with Gasteiger partial charge in [0.15, 0.2) is 5.78 Å². The van der Waals surface area contributed by atoms with Crippen molar-refractivity contribution in [3.63, 3.8) is 0 Å². The summed E-state index contributed by atoms with van der Waals surface area (Å²) in [7, 11) is -3.80. The van der Waals surface area contributed by atoms with E-state index >= 15 is 0 Å². The minimum absolute atomic E-state index is 0.0203. The average molecular weight is 755 g/mol. The SMILES string of the molecule is C=C(CNC(=O)CS)NCC(=O)NCC(=O)C(N)CCCCCCCCCNC(=O)c1ccc(-c2cc(C)nn2-c2ccc(S(N)(=O)=O)cc2)cc1. The second-order valence-electron chi connectivity index (χ2n) is 12.5. The van der Waals surface area contributed by atoms with Gasteiger partial charge in [-0.2, -0.15) is 17.7 Å². The second kappa shape index (κ2) is 21.1. The summed E-state index contributed by atoms with van der Waals surface area (Å²) in [5.74, 6) is -0.919. The van der Waals surface area contributed by atoms with E-state index in [1.54, 1.807) is 28.9 Å². The zero-order chi connectivity index (χ0) is 38.1. The third-order valence-corrected chi connectivity index (χ3v) is 9.39. The first-order valence-corrected chi connectivity index (χ1v) is 19.4. The van der Waals surface area contributed by atoms with Crippen molar-refractivity contribution in [2.45, 2.75) is 69.2 Å². The van der Waals surface area contributed by atoms with Crippen LogP contribution in [0.3, 0.4) is 0 Å². The Kier molecular flexibility index (Phi) is 17.0. The fourth-order valence-corrected chi connectivity index (χ4v) is 5.84. The molecule has 3 aromatic rings. The number of nitrogens with two attached hydrogens (primary N) is 2. The molecule has 52 heavy (non-hydrogen) atoms. The fourth-order valence-electron chi connectivity index (χ4n) is 5.22. The van der Waals surface area contributed by atoms with Gasteiger partial charge in [-0.15, -0.1) is 0 Å². The van der Waals surface area contributed by atoms with E-state index in [0.717, 1.165) is 61.9 Å². The quantitative estimate of drug-likeness (QED) is 0.0558. The Morgan fingerprint density at radius 3 is 2.08 bits per heavy atom. The first kappa shape index (κ1) is 41.9. The molecule has 0 fully saturated rings. The average Bonchev–Trinajstić information content (AvgIpc) is 3.53. The first-order chi connectivity index (χ1) is 24.8. The van der Waals surface area contributed by atoms with E-state index in [1.165, 1.54) is 12.1 Å². The summed E-state index contributed by atoms with van der Waals surface area (Å²) in [6.07, 6.45) is 7.33. The molecule has 3 amide bonds. The molecule has 8 N–H and O–H groups in total. The van der Waals surface area contributed by atoms with Gasteiger partial charge in [0, 0.05) is 23.4 Å². The van der Waals surface area contributed by atoms with Crippen LogP contribution in [-0.2, 0) is 24.4 Å². The van der Waals surface area contributed by atoms with Gasteiger partial charge in [-0.25, -0.2) is 18.2 Å². The van der Waals surface area contributed by atoms with E-state index in [4.69, 9.17) is 10.9 Å². The van der Waals surface area contributed by atoms with Crippen LogP contribution in [0.2, 0.25) is 0 Å². The summed E-state index contributed by atoms with van der Waals surface area (Å²) in [6.45, 7) is 6.14. The van der Waals surface area contributed by atoms with E-state index in [9.17, 15) is 27.6 Å². The summed E-state index contributed by atoms with van der Waals surface area (Å²) in [5.41, 5.74) is 10.1. The highest BCUT2D eigenvalue weighted by Crippen LogP contribution is 2.25. The van der Waals surface area contributed by atoms with Gasteiger partial charge in [-0.3, -0.25) is 19.2 Å². The molecule has 1 aromatic heterocycles. The van der Waals surface area contributed by atoms with Gasteiger partial charge in [-0.05, 0) is 62.2 Å². The van der Waals surface area contributed by atoms with Gasteiger partial charge in [-0.1, -0.05) is 57.2 Å². The molecule has 0 bridgehead atoms. The topological polar surface area (TPSA) is 220 Å². The van der Waals surface area contributed by atoms with Gasteiger partial charge < -0.3 is 27.0 Å². The molecular formula is C36H50N8O6S2. The number of benzene rings is 2. The van der Waals surface area contributed by atoms with E-state index in [2.05, 4.69) is 45.6 Å². The number of sulfonamides is 1. The van der Waals surface area contributed by atoms with Crippen molar-refractivity contribution >= 4 is 46.2 Å². The van der Waals surface area contributed by atoms with Crippen LogP contribution < -0.4 is 32.1 Å². The van der Waals surface area contributed by atoms with E-state index in [1.807, 2.05) is 25.1 Å². The first-order valence-electron chi connectivity index (χ1n) is 17.2. The Morgan fingerprint density at radius 1 is 0.827 bits per heavy atom. The van der Waals surface area contributed by atoms with E-state index in [-0.39, 0.29) is 53.8 Å². The van der Waals surface area contributed by atoms with Crippen molar-refractivity contribution in [3.8, 4) is 16.9 Å². The minimum Gasteiger partial charge on any atom is -0.379 e. The number of hydrogen-bond donors (Lipinski definition) is 7. The van der Waals surface area contributed by atoms with Crippen molar-refractivity contribution in [2.75, 3.05) is 31.9 Å². The van der Waals surface area contributed by atoms with Crippen molar-refractivity contribution in [2.24, 2.45) is 10.9 Å². The van der Waals surface area contributed by atoms with Gasteiger partial charge in [0.2, 0.25) is 21.8 Å². The monoisotopic (exact) mass is 754 g/mol. The number of unbranched alkanes of at least 4 members (excludes halogenated alkanes) is 6. The van der Waals surface area contributed by atoms with Crippen LogP contribution in [-0.4, -0.2) is 79.7 Å². The lowest BCUT2D eigenvalue weighted by Crippen LogP contribution is -2.42. The number of thiol groups is 1. The van der Waals surface area contributed by atoms with Crippen molar-refractivity contribution in [3.05, 3.63) is 78.1 Å². The Bertz CT molecular complexity index is 1780. The van der Waals surface area contributed by atoms with Crippen LogP contribution in [0.25, 0.3) is 16.9 Å². The minimum atomic E-state index is -3.80. The number of primary sulfonamides is 1. The lowest BCUT2D eigenvalue weighted by molar-refractivity contribution is -0.125. The number of Topliss-reactive ketones (excluding diaryl/α,β-unsaturated/α-hetero) is 1. The summed E-state index contributed by atoms with van der Waals surface area (Å²) >= 11 is 3.86. The predicted molar refractivity (Wildman–Crippen MR) is 204 cm³/mol. The molecule has 1 heterocycles. The lowest BCUT2D eigenvalue weighted by atomic mass is 10.0. The highest BCUT2D eigenvalue weighted by Gasteiger charge is 2.15. The number of nitrogens with one attached hydrogen (secondary N) is 4. The molecule has 0 aliphatic carbocycles. The van der Waals surface area contributed by atoms with E-state index < -0.39 is 16.1 Å². The van der Waals surface area contributed by atoms with Crippen molar-refractivity contribution < 1.29 is 27.6 Å². The molecule has 282 valence electrons. The Morgan fingerprint density at radius 2 is 1.44 bits per heavy atom. The van der Waals surface area contributed by atoms with Crippen LogP contribution in [0.1, 0.15) is 67.4 Å². The second-order valence-corrected chi connectivity index (χ2v) is 14.3. The third kappa shape index (κ3) is 14.3. The highest BCUT2D eigenvalue weighted by molar-refractivity contribution is 7.89.